The molecule has 0 aromatic heterocycles. The molecule has 0 saturated heterocycles. The van der Waals surface area contributed by atoms with Gasteiger partial charge in [-0.15, -0.1) is 0 Å². The normalized spacial score (nSPS) is 11.6. The Balaban J connectivity index is 2.87. The smallest absolute Gasteiger partial charge is 0.0896 e. The quantitative estimate of drug-likeness (QED) is 0.757. The summed E-state index contributed by atoms with van der Waals surface area (Å²) in [6, 6.07) is 10.0. The highest BCUT2D eigenvalue weighted by molar-refractivity contribution is 5.22. The Morgan fingerprint density at radius 1 is 1.00 bits per heavy atom. The fourth-order valence-corrected chi connectivity index (χ4v) is 1.99. The molecule has 0 aliphatic carbocycles. The molecule has 14 heavy (non-hydrogen) atoms. The predicted molar refractivity (Wildman–Crippen MR) is 60.2 cm³/mol. The molecule has 1 aromatic rings. The Hall–Kier alpha value is -0.820. The maximum Gasteiger partial charge on any atom is 0.0896 e. The van der Waals surface area contributed by atoms with Crippen molar-refractivity contribution in [2.75, 3.05) is 0 Å². The number of rotatable bonds is 5. The molecule has 0 heterocycles. The van der Waals surface area contributed by atoms with Crippen LogP contribution < -0.4 is 0 Å². The van der Waals surface area contributed by atoms with Crippen molar-refractivity contribution in [2.24, 2.45) is 0 Å². The van der Waals surface area contributed by atoms with Gasteiger partial charge in [-0.25, -0.2) is 0 Å². The summed E-state index contributed by atoms with van der Waals surface area (Å²) in [6.45, 7) is 4.23. The minimum Gasteiger partial charge on any atom is -0.385 e. The van der Waals surface area contributed by atoms with Gasteiger partial charge in [0, 0.05) is 0 Å². The van der Waals surface area contributed by atoms with E-state index in [-0.39, 0.29) is 0 Å². The van der Waals surface area contributed by atoms with E-state index < -0.39 is 5.60 Å². The highest BCUT2D eigenvalue weighted by Crippen LogP contribution is 2.30. The molecule has 0 unspecified atom stereocenters. The Bertz CT molecular complexity index is 247. The molecule has 0 bridgehead atoms. The first kappa shape index (κ1) is 11.3. The molecule has 0 aliphatic rings. The van der Waals surface area contributed by atoms with Crippen LogP contribution in [-0.2, 0) is 5.60 Å². The largest absolute Gasteiger partial charge is 0.385 e. The fraction of sp³-hybridized carbons (Fsp3) is 0.538. The molecule has 1 nitrogen and oxygen atoms in total. The third-order valence-corrected chi connectivity index (χ3v) is 2.64. The summed E-state index contributed by atoms with van der Waals surface area (Å²) in [5, 5.41) is 10.5. The van der Waals surface area contributed by atoms with Gasteiger partial charge in [-0.05, 0) is 18.4 Å². The fourth-order valence-electron chi connectivity index (χ4n) is 1.99. The van der Waals surface area contributed by atoms with E-state index in [1.807, 2.05) is 30.3 Å². The molecule has 1 heteroatoms. The van der Waals surface area contributed by atoms with Gasteiger partial charge < -0.3 is 5.11 Å². The lowest BCUT2D eigenvalue weighted by molar-refractivity contribution is 0.0170. The number of aliphatic hydroxyl groups is 1. The molecule has 0 aliphatic heterocycles. The highest BCUT2D eigenvalue weighted by Gasteiger charge is 2.26. The van der Waals surface area contributed by atoms with E-state index in [4.69, 9.17) is 0 Å². The summed E-state index contributed by atoms with van der Waals surface area (Å²) in [4.78, 5) is 0. The van der Waals surface area contributed by atoms with Crippen molar-refractivity contribution in [1.29, 1.82) is 0 Å². The van der Waals surface area contributed by atoms with E-state index in [0.29, 0.717) is 0 Å². The van der Waals surface area contributed by atoms with Crippen molar-refractivity contribution < 1.29 is 5.11 Å². The molecule has 1 N–H and O–H groups in total. The van der Waals surface area contributed by atoms with Crippen LogP contribution in [0.5, 0.6) is 0 Å². The van der Waals surface area contributed by atoms with Gasteiger partial charge >= 0.3 is 0 Å². The molecule has 0 atom stereocenters. The molecule has 1 rings (SSSR count). The second-order valence-corrected chi connectivity index (χ2v) is 3.90. The summed E-state index contributed by atoms with van der Waals surface area (Å²) < 4.78 is 0. The van der Waals surface area contributed by atoms with E-state index >= 15 is 0 Å². The first-order valence-corrected chi connectivity index (χ1v) is 5.51. The Kier molecular flexibility index (Phi) is 4.15. The Morgan fingerprint density at radius 2 is 1.50 bits per heavy atom. The van der Waals surface area contributed by atoms with Crippen LogP contribution in [0.1, 0.15) is 45.1 Å². The van der Waals surface area contributed by atoms with Crippen LogP contribution in [0.15, 0.2) is 30.3 Å². The van der Waals surface area contributed by atoms with E-state index in [2.05, 4.69) is 13.8 Å². The number of hydrogen-bond donors (Lipinski definition) is 1. The Morgan fingerprint density at radius 3 is 1.93 bits per heavy atom. The summed E-state index contributed by atoms with van der Waals surface area (Å²) in [7, 11) is 0. The van der Waals surface area contributed by atoms with E-state index in [9.17, 15) is 5.11 Å². The van der Waals surface area contributed by atoms with Crippen LogP contribution in [0, 0.1) is 0 Å². The molecule has 78 valence electrons. The third kappa shape index (κ3) is 2.58. The van der Waals surface area contributed by atoms with Crippen molar-refractivity contribution in [3.05, 3.63) is 35.9 Å². The third-order valence-electron chi connectivity index (χ3n) is 2.64. The van der Waals surface area contributed by atoms with Crippen molar-refractivity contribution in [2.45, 2.75) is 45.1 Å². The van der Waals surface area contributed by atoms with Gasteiger partial charge in [-0.1, -0.05) is 57.0 Å². The Labute approximate surface area is 86.8 Å². The summed E-state index contributed by atoms with van der Waals surface area (Å²) in [5.74, 6) is 0. The summed E-state index contributed by atoms with van der Waals surface area (Å²) in [5.41, 5.74) is 0.453. The summed E-state index contributed by atoms with van der Waals surface area (Å²) in [6.07, 6.45) is 3.74. The predicted octanol–water partition coefficient (Wildman–Crippen LogP) is 3.47. The van der Waals surface area contributed by atoms with Crippen LogP contribution in [0.3, 0.4) is 0 Å². The maximum atomic E-state index is 10.5. The van der Waals surface area contributed by atoms with Gasteiger partial charge in [0.15, 0.2) is 0 Å². The molecule has 0 spiro atoms. The minimum atomic E-state index is -0.606. The SMILES string of the molecule is CCCC(O)(CCC)c1ccccc1. The zero-order valence-corrected chi connectivity index (χ0v) is 9.16. The first-order valence-electron chi connectivity index (χ1n) is 5.51. The minimum absolute atomic E-state index is 0.606. The first-order chi connectivity index (χ1) is 6.73. The molecular formula is C13H20O. The second kappa shape index (κ2) is 5.16. The van der Waals surface area contributed by atoms with Crippen LogP contribution in [0.4, 0.5) is 0 Å². The van der Waals surface area contributed by atoms with E-state index in [1.165, 1.54) is 0 Å². The summed E-state index contributed by atoms with van der Waals surface area (Å²) >= 11 is 0. The van der Waals surface area contributed by atoms with Crippen LogP contribution in [0.25, 0.3) is 0 Å². The van der Waals surface area contributed by atoms with Crippen LogP contribution in [0.2, 0.25) is 0 Å². The highest BCUT2D eigenvalue weighted by atomic mass is 16.3. The molecule has 0 fully saturated rings. The van der Waals surface area contributed by atoms with Crippen molar-refractivity contribution in [1.82, 2.24) is 0 Å². The lowest BCUT2D eigenvalue weighted by Crippen LogP contribution is -2.25. The second-order valence-electron chi connectivity index (χ2n) is 3.90. The van der Waals surface area contributed by atoms with Crippen LogP contribution in [-0.4, -0.2) is 5.11 Å². The van der Waals surface area contributed by atoms with Crippen molar-refractivity contribution in [3.8, 4) is 0 Å². The molecular weight excluding hydrogens is 172 g/mol. The molecule has 0 amide bonds. The van der Waals surface area contributed by atoms with Crippen LogP contribution >= 0.6 is 0 Å². The number of hydrogen-bond acceptors (Lipinski definition) is 1. The average molecular weight is 192 g/mol. The molecule has 1 aromatic carbocycles. The van der Waals surface area contributed by atoms with Gasteiger partial charge in [0.1, 0.15) is 0 Å². The lowest BCUT2D eigenvalue weighted by atomic mass is 9.85. The molecule has 0 radical (unpaired) electrons. The van der Waals surface area contributed by atoms with Gasteiger partial charge in [0.25, 0.3) is 0 Å². The van der Waals surface area contributed by atoms with E-state index in [0.717, 1.165) is 31.2 Å². The van der Waals surface area contributed by atoms with Crippen molar-refractivity contribution >= 4 is 0 Å². The lowest BCUT2D eigenvalue weighted by Gasteiger charge is -2.28. The zero-order valence-electron chi connectivity index (χ0n) is 9.16. The van der Waals surface area contributed by atoms with Gasteiger partial charge in [-0.2, -0.15) is 0 Å². The standard InChI is InChI=1S/C13H20O/c1-3-10-13(14,11-4-2)12-8-6-5-7-9-12/h5-9,14H,3-4,10-11H2,1-2H3. The topological polar surface area (TPSA) is 20.2 Å². The zero-order chi connectivity index (χ0) is 10.4. The van der Waals surface area contributed by atoms with Gasteiger partial charge in [0.05, 0.1) is 5.60 Å². The van der Waals surface area contributed by atoms with Crippen molar-refractivity contribution in [3.63, 3.8) is 0 Å². The van der Waals surface area contributed by atoms with Gasteiger partial charge in [0.2, 0.25) is 0 Å². The van der Waals surface area contributed by atoms with E-state index in [1.54, 1.807) is 0 Å². The van der Waals surface area contributed by atoms with Gasteiger partial charge in [-0.3, -0.25) is 0 Å². The maximum absolute atomic E-state index is 10.5. The molecule has 0 saturated carbocycles. The monoisotopic (exact) mass is 192 g/mol. The average Bonchev–Trinajstić information content (AvgIpc) is 2.20. The number of benzene rings is 1.